The van der Waals surface area contributed by atoms with Gasteiger partial charge in [0.15, 0.2) is 5.82 Å². The molecule has 1 heterocycles. The molecule has 12 heavy (non-hydrogen) atoms. The molecular formula is C7H13N3O2. The molecule has 0 saturated carbocycles. The molecule has 1 aromatic rings. The van der Waals surface area contributed by atoms with Gasteiger partial charge in [-0.2, -0.15) is 4.98 Å². The number of aliphatic hydroxyl groups is 1. The SMILES string of the molecule is CCC(O)CNc1nc(C)no1. The van der Waals surface area contributed by atoms with Crippen molar-refractivity contribution in [2.24, 2.45) is 0 Å². The van der Waals surface area contributed by atoms with Gasteiger partial charge in [-0.1, -0.05) is 12.1 Å². The lowest BCUT2D eigenvalue weighted by Crippen LogP contribution is -2.18. The molecule has 0 amide bonds. The molecule has 0 fully saturated rings. The minimum Gasteiger partial charge on any atom is -0.391 e. The quantitative estimate of drug-likeness (QED) is 0.692. The molecule has 0 spiro atoms. The Morgan fingerprint density at radius 1 is 1.67 bits per heavy atom. The van der Waals surface area contributed by atoms with Crippen LogP contribution in [0.1, 0.15) is 19.2 Å². The van der Waals surface area contributed by atoms with E-state index in [2.05, 4.69) is 15.5 Å². The summed E-state index contributed by atoms with van der Waals surface area (Å²) in [6.07, 6.45) is 0.345. The van der Waals surface area contributed by atoms with Gasteiger partial charge in [0.1, 0.15) is 0 Å². The van der Waals surface area contributed by atoms with Gasteiger partial charge in [-0.3, -0.25) is 0 Å². The molecule has 0 aromatic carbocycles. The minimum atomic E-state index is -0.364. The fourth-order valence-electron chi connectivity index (χ4n) is 0.718. The molecule has 0 aliphatic carbocycles. The maximum atomic E-state index is 9.17. The van der Waals surface area contributed by atoms with Crippen molar-refractivity contribution in [3.05, 3.63) is 5.82 Å². The monoisotopic (exact) mass is 171 g/mol. The third kappa shape index (κ3) is 2.50. The summed E-state index contributed by atoms with van der Waals surface area (Å²) >= 11 is 0. The predicted molar refractivity (Wildman–Crippen MR) is 43.8 cm³/mol. The summed E-state index contributed by atoms with van der Waals surface area (Å²) in [6.45, 7) is 4.09. The summed E-state index contributed by atoms with van der Waals surface area (Å²) in [7, 11) is 0. The number of aryl methyl sites for hydroxylation is 1. The number of rotatable bonds is 4. The van der Waals surface area contributed by atoms with Crippen LogP contribution in [0.3, 0.4) is 0 Å². The Kier molecular flexibility index (Phi) is 3.04. The van der Waals surface area contributed by atoms with Crippen LogP contribution >= 0.6 is 0 Å². The molecule has 5 heteroatoms. The Morgan fingerprint density at radius 3 is 2.92 bits per heavy atom. The van der Waals surface area contributed by atoms with Gasteiger partial charge >= 0.3 is 6.01 Å². The first-order valence-corrected chi connectivity index (χ1v) is 3.94. The number of aromatic nitrogens is 2. The van der Waals surface area contributed by atoms with E-state index in [1.54, 1.807) is 6.92 Å². The van der Waals surface area contributed by atoms with Gasteiger partial charge in [-0.25, -0.2) is 0 Å². The lowest BCUT2D eigenvalue weighted by molar-refractivity contribution is 0.182. The summed E-state index contributed by atoms with van der Waals surface area (Å²) < 4.78 is 4.78. The van der Waals surface area contributed by atoms with Gasteiger partial charge in [0, 0.05) is 6.54 Å². The number of hydrogen-bond donors (Lipinski definition) is 2. The highest BCUT2D eigenvalue weighted by Crippen LogP contribution is 2.02. The third-order valence-corrected chi connectivity index (χ3v) is 1.49. The second-order valence-electron chi connectivity index (χ2n) is 2.59. The molecule has 0 aliphatic heterocycles. The highest BCUT2D eigenvalue weighted by atomic mass is 16.5. The number of nitrogens with zero attached hydrogens (tertiary/aromatic N) is 2. The average Bonchev–Trinajstić information content (AvgIpc) is 2.47. The summed E-state index contributed by atoms with van der Waals surface area (Å²) in [5.41, 5.74) is 0. The molecule has 1 unspecified atom stereocenters. The predicted octanol–water partition coefficient (Wildman–Crippen LogP) is 0.561. The lowest BCUT2D eigenvalue weighted by atomic mass is 10.3. The van der Waals surface area contributed by atoms with Crippen LogP contribution in [-0.2, 0) is 0 Å². The molecule has 0 aliphatic rings. The van der Waals surface area contributed by atoms with Crippen LogP contribution in [0.2, 0.25) is 0 Å². The fraction of sp³-hybridized carbons (Fsp3) is 0.714. The summed E-state index contributed by atoms with van der Waals surface area (Å²) in [4.78, 5) is 3.92. The number of nitrogens with one attached hydrogen (secondary N) is 1. The zero-order chi connectivity index (χ0) is 8.97. The lowest BCUT2D eigenvalue weighted by Gasteiger charge is -2.05. The Balaban J connectivity index is 2.33. The van der Waals surface area contributed by atoms with E-state index < -0.39 is 0 Å². The van der Waals surface area contributed by atoms with Gasteiger partial charge in [-0.05, 0) is 13.3 Å². The van der Waals surface area contributed by atoms with E-state index in [9.17, 15) is 5.11 Å². The Morgan fingerprint density at radius 2 is 2.42 bits per heavy atom. The van der Waals surface area contributed by atoms with Crippen molar-refractivity contribution in [2.75, 3.05) is 11.9 Å². The van der Waals surface area contributed by atoms with Crippen LogP contribution in [0, 0.1) is 6.92 Å². The van der Waals surface area contributed by atoms with Gasteiger partial charge in [0.05, 0.1) is 6.10 Å². The second kappa shape index (κ2) is 4.06. The molecule has 5 nitrogen and oxygen atoms in total. The van der Waals surface area contributed by atoms with E-state index in [4.69, 9.17) is 4.52 Å². The molecule has 68 valence electrons. The smallest absolute Gasteiger partial charge is 0.321 e. The molecule has 1 rings (SSSR count). The van der Waals surface area contributed by atoms with E-state index in [-0.39, 0.29) is 6.10 Å². The molecule has 1 atom stereocenters. The van der Waals surface area contributed by atoms with Crippen LogP contribution in [0.4, 0.5) is 6.01 Å². The zero-order valence-electron chi connectivity index (χ0n) is 7.24. The van der Waals surface area contributed by atoms with Crippen LogP contribution < -0.4 is 5.32 Å². The number of hydrogen-bond acceptors (Lipinski definition) is 5. The van der Waals surface area contributed by atoms with Crippen molar-refractivity contribution < 1.29 is 9.63 Å². The van der Waals surface area contributed by atoms with Crippen LogP contribution in [0.25, 0.3) is 0 Å². The minimum absolute atomic E-state index is 0.361. The van der Waals surface area contributed by atoms with Crippen molar-refractivity contribution in [3.8, 4) is 0 Å². The van der Waals surface area contributed by atoms with Gasteiger partial charge in [0.2, 0.25) is 0 Å². The summed E-state index contributed by atoms with van der Waals surface area (Å²) in [5.74, 6) is 0.587. The maximum absolute atomic E-state index is 9.17. The molecule has 0 radical (unpaired) electrons. The molecule has 0 bridgehead atoms. The molecule has 2 N–H and O–H groups in total. The first-order chi connectivity index (χ1) is 5.72. The van der Waals surface area contributed by atoms with E-state index in [1.807, 2.05) is 6.92 Å². The largest absolute Gasteiger partial charge is 0.391 e. The molecule has 0 saturated heterocycles. The topological polar surface area (TPSA) is 71.2 Å². The van der Waals surface area contributed by atoms with E-state index in [0.717, 1.165) is 0 Å². The second-order valence-corrected chi connectivity index (χ2v) is 2.59. The van der Waals surface area contributed by atoms with Gasteiger partial charge < -0.3 is 14.9 Å². The molecule has 1 aromatic heterocycles. The first kappa shape index (κ1) is 8.99. The Bertz CT molecular complexity index is 236. The van der Waals surface area contributed by atoms with E-state index in [1.165, 1.54) is 0 Å². The Labute approximate surface area is 70.8 Å². The van der Waals surface area contributed by atoms with Gasteiger partial charge in [-0.15, -0.1) is 0 Å². The maximum Gasteiger partial charge on any atom is 0.321 e. The van der Waals surface area contributed by atoms with Crippen molar-refractivity contribution in [1.82, 2.24) is 10.1 Å². The van der Waals surface area contributed by atoms with Crippen LogP contribution in [0.5, 0.6) is 0 Å². The zero-order valence-corrected chi connectivity index (χ0v) is 7.24. The van der Waals surface area contributed by atoms with E-state index in [0.29, 0.717) is 24.8 Å². The Hall–Kier alpha value is -1.10. The highest BCUT2D eigenvalue weighted by Gasteiger charge is 2.04. The van der Waals surface area contributed by atoms with Crippen molar-refractivity contribution >= 4 is 6.01 Å². The summed E-state index contributed by atoms with van der Waals surface area (Å²) in [6, 6.07) is 0.361. The normalized spacial score (nSPS) is 12.9. The van der Waals surface area contributed by atoms with Crippen molar-refractivity contribution in [3.63, 3.8) is 0 Å². The fourth-order valence-corrected chi connectivity index (χ4v) is 0.718. The first-order valence-electron chi connectivity index (χ1n) is 3.94. The van der Waals surface area contributed by atoms with Crippen LogP contribution in [0.15, 0.2) is 4.52 Å². The third-order valence-electron chi connectivity index (χ3n) is 1.49. The standard InChI is InChI=1S/C7H13N3O2/c1-3-6(11)4-8-7-9-5(2)10-12-7/h6,11H,3-4H2,1-2H3,(H,8,9,10). The van der Waals surface area contributed by atoms with E-state index >= 15 is 0 Å². The highest BCUT2D eigenvalue weighted by molar-refractivity contribution is 5.17. The average molecular weight is 171 g/mol. The molecular weight excluding hydrogens is 158 g/mol. The van der Waals surface area contributed by atoms with Crippen LogP contribution in [-0.4, -0.2) is 27.9 Å². The number of aliphatic hydroxyl groups excluding tert-OH is 1. The van der Waals surface area contributed by atoms with Gasteiger partial charge in [0.25, 0.3) is 0 Å². The summed E-state index contributed by atoms with van der Waals surface area (Å²) in [5, 5.41) is 15.6. The number of anilines is 1. The van der Waals surface area contributed by atoms with Crippen molar-refractivity contribution in [2.45, 2.75) is 26.4 Å². The van der Waals surface area contributed by atoms with Crippen molar-refractivity contribution in [1.29, 1.82) is 0 Å².